The Morgan fingerprint density at radius 3 is 2.72 bits per heavy atom. The van der Waals surface area contributed by atoms with Gasteiger partial charge in [0, 0.05) is 40.2 Å². The molecule has 0 fully saturated rings. The van der Waals surface area contributed by atoms with E-state index in [9.17, 15) is 9.00 Å². The Morgan fingerprint density at radius 2 is 2.00 bits per heavy atom. The molecule has 204 valence electrons. The lowest BCUT2D eigenvalue weighted by molar-refractivity contribution is 0.268. The first kappa shape index (κ1) is 26.8. The van der Waals surface area contributed by atoms with Crippen LogP contribution in [0.3, 0.4) is 0 Å². The second kappa shape index (κ2) is 10.4. The quantitative estimate of drug-likeness (QED) is 0.349. The van der Waals surface area contributed by atoms with Gasteiger partial charge in [-0.15, -0.1) is 6.58 Å². The van der Waals surface area contributed by atoms with Crippen LogP contribution >= 0.6 is 0 Å². The van der Waals surface area contributed by atoms with Crippen LogP contribution < -0.4 is 10.9 Å². The minimum Gasteiger partial charge on any atom is -0.324 e. The summed E-state index contributed by atoms with van der Waals surface area (Å²) in [5, 5.41) is 3.68. The second-order valence-corrected chi connectivity index (χ2v) is 13.0. The summed E-state index contributed by atoms with van der Waals surface area (Å²) < 4.78 is 19.8. The summed E-state index contributed by atoms with van der Waals surface area (Å²) in [5.74, 6) is 1.17. The van der Waals surface area contributed by atoms with Crippen molar-refractivity contribution in [2.75, 3.05) is 31.9 Å². The Kier molecular flexibility index (Phi) is 7.13. The van der Waals surface area contributed by atoms with Crippen molar-refractivity contribution in [1.82, 2.24) is 29.2 Å². The Hall–Kier alpha value is -3.83. The summed E-state index contributed by atoms with van der Waals surface area (Å²) in [6, 6.07) is 10.6. The van der Waals surface area contributed by atoms with E-state index >= 15 is 0 Å². The fraction of sp³-hybridized carbons (Fsp3) is 0.357. The van der Waals surface area contributed by atoms with Gasteiger partial charge >= 0.3 is 0 Å². The molecule has 1 aliphatic rings. The first-order chi connectivity index (χ1) is 18.5. The average Bonchev–Trinajstić information content (AvgIpc) is 3.15. The highest BCUT2D eigenvalue weighted by Gasteiger charge is 2.21. The molecule has 0 saturated heterocycles. The molecule has 4 aromatic rings. The predicted octanol–water partition coefficient (Wildman–Crippen LogP) is 3.99. The van der Waals surface area contributed by atoms with Gasteiger partial charge in [0.25, 0.3) is 5.56 Å². The van der Waals surface area contributed by atoms with Crippen molar-refractivity contribution in [3.05, 3.63) is 76.2 Å². The lowest BCUT2D eigenvalue weighted by atomic mass is 9.87. The highest BCUT2D eigenvalue weighted by molar-refractivity contribution is 7.92. The number of nitrogens with one attached hydrogen (secondary N) is 1. The molecule has 1 aromatic carbocycles. The minimum atomic E-state index is -2.43. The molecule has 1 aliphatic carbocycles. The molecule has 3 aromatic heterocycles. The Morgan fingerprint density at radius 1 is 1.21 bits per heavy atom. The minimum absolute atomic E-state index is 0.247. The third-order valence-electron chi connectivity index (χ3n) is 6.95. The molecule has 0 saturated carbocycles. The van der Waals surface area contributed by atoms with Crippen LogP contribution in [0.4, 0.5) is 17.5 Å². The van der Waals surface area contributed by atoms with E-state index in [4.69, 9.17) is 4.98 Å². The largest absolute Gasteiger partial charge is 0.324 e. The molecule has 0 amide bonds. The molecule has 1 atom stereocenters. The number of fused-ring (bicyclic) bond motifs is 2. The van der Waals surface area contributed by atoms with Gasteiger partial charge in [0.05, 0.1) is 6.54 Å². The molecule has 0 radical (unpaired) electrons. The molecule has 5 rings (SSSR count). The van der Waals surface area contributed by atoms with Crippen LogP contribution in [0, 0.1) is 6.92 Å². The van der Waals surface area contributed by atoms with Crippen LogP contribution in [0.15, 0.2) is 58.3 Å². The summed E-state index contributed by atoms with van der Waals surface area (Å²) in [5.41, 5.74) is 4.53. The van der Waals surface area contributed by atoms with Crippen molar-refractivity contribution < 1.29 is 4.21 Å². The average molecular weight is 547 g/mol. The van der Waals surface area contributed by atoms with Gasteiger partial charge in [0.15, 0.2) is 17.3 Å². The Balaban J connectivity index is 1.57. The van der Waals surface area contributed by atoms with E-state index in [2.05, 4.69) is 57.4 Å². The molecule has 0 aliphatic heterocycles. The summed E-state index contributed by atoms with van der Waals surface area (Å²) >= 11 is 0. The number of likely N-dealkylation sites (N-methyl/N-ethyl adjacent to an activating group) is 1. The highest BCUT2D eigenvalue weighted by atomic mass is 32.2. The number of rotatable bonds is 7. The van der Waals surface area contributed by atoms with Gasteiger partial charge in [-0.3, -0.25) is 4.79 Å². The fourth-order valence-electron chi connectivity index (χ4n) is 4.92. The van der Waals surface area contributed by atoms with Crippen LogP contribution in [-0.4, -0.2) is 66.1 Å². The third kappa shape index (κ3) is 5.50. The van der Waals surface area contributed by atoms with E-state index < -0.39 is 9.73 Å². The first-order valence-electron chi connectivity index (χ1n) is 12.8. The van der Waals surface area contributed by atoms with Crippen LogP contribution in [-0.2, 0) is 29.1 Å². The van der Waals surface area contributed by atoms with Crippen LogP contribution in [0.2, 0.25) is 0 Å². The van der Waals surface area contributed by atoms with Crippen molar-refractivity contribution in [2.24, 2.45) is 4.36 Å². The van der Waals surface area contributed by atoms with Gasteiger partial charge in [-0.25, -0.2) is 23.5 Å². The Bertz CT molecular complexity index is 1750. The number of hydrogen-bond donors (Lipinski definition) is 1. The van der Waals surface area contributed by atoms with E-state index in [0.29, 0.717) is 34.7 Å². The van der Waals surface area contributed by atoms with Crippen molar-refractivity contribution in [3.8, 4) is 5.82 Å². The van der Waals surface area contributed by atoms with Gasteiger partial charge in [-0.05, 0) is 75.2 Å². The van der Waals surface area contributed by atoms with Crippen molar-refractivity contribution in [2.45, 2.75) is 38.8 Å². The number of hydrogen-bond acceptors (Lipinski definition) is 8. The molecule has 3 heterocycles. The van der Waals surface area contributed by atoms with Crippen LogP contribution in [0.25, 0.3) is 16.9 Å². The summed E-state index contributed by atoms with van der Waals surface area (Å²) in [4.78, 5) is 29.4. The second-order valence-electron chi connectivity index (χ2n) is 10.5. The molecule has 10 nitrogen and oxygen atoms in total. The molecular formula is C28H34N8O2S. The van der Waals surface area contributed by atoms with Crippen LogP contribution in [0.5, 0.6) is 0 Å². The topological polar surface area (TPSA) is 110 Å². The number of anilines is 2. The van der Waals surface area contributed by atoms with E-state index in [-0.39, 0.29) is 12.1 Å². The molecule has 1 unspecified atom stereocenters. The number of aryl methyl sites for hydroxylation is 2. The number of nitrogens with zero attached hydrogens (tertiary/aromatic N) is 7. The number of benzene rings is 1. The highest BCUT2D eigenvalue weighted by Crippen LogP contribution is 2.28. The van der Waals surface area contributed by atoms with Crippen molar-refractivity contribution in [3.63, 3.8) is 0 Å². The molecule has 0 bridgehead atoms. The van der Waals surface area contributed by atoms with E-state index in [0.717, 1.165) is 30.5 Å². The lowest BCUT2D eigenvalue weighted by Gasteiger charge is -2.30. The third-order valence-corrected chi connectivity index (χ3v) is 7.56. The number of allylic oxidation sites excluding steroid dienone is 1. The van der Waals surface area contributed by atoms with Crippen molar-refractivity contribution in [1.29, 1.82) is 0 Å². The summed E-state index contributed by atoms with van der Waals surface area (Å²) in [7, 11) is 1.84. The zero-order valence-corrected chi connectivity index (χ0v) is 23.8. The summed E-state index contributed by atoms with van der Waals surface area (Å²) in [6.45, 7) is 5.91. The van der Waals surface area contributed by atoms with Gasteiger partial charge < -0.3 is 10.2 Å². The van der Waals surface area contributed by atoms with Gasteiger partial charge in [0.1, 0.15) is 5.39 Å². The monoisotopic (exact) mass is 546 g/mol. The van der Waals surface area contributed by atoms with E-state index in [1.807, 2.05) is 19.1 Å². The fourth-order valence-corrected chi connectivity index (χ4v) is 5.52. The van der Waals surface area contributed by atoms with Gasteiger partial charge in [-0.2, -0.15) is 9.35 Å². The first-order valence-corrected chi connectivity index (χ1v) is 15.2. The predicted molar refractivity (Wildman–Crippen MR) is 157 cm³/mol. The zero-order valence-electron chi connectivity index (χ0n) is 23.0. The maximum atomic E-state index is 13.3. The molecular weight excluding hydrogens is 512 g/mol. The van der Waals surface area contributed by atoms with Crippen LogP contribution in [0.1, 0.15) is 23.1 Å². The molecule has 0 spiro atoms. The van der Waals surface area contributed by atoms with E-state index in [1.165, 1.54) is 22.0 Å². The maximum absolute atomic E-state index is 13.3. The molecule has 11 heteroatoms. The lowest BCUT2D eigenvalue weighted by Crippen LogP contribution is -2.33. The Labute approximate surface area is 228 Å². The molecule has 1 N–H and O–H groups in total. The number of aromatic nitrogens is 5. The van der Waals surface area contributed by atoms with Gasteiger partial charge in [0.2, 0.25) is 5.95 Å². The standard InChI is InChI=1S/C28H34N8O2S/c1-7-14-35-27(37)23-17-29-28(30-21-11-9-20-16-22(34(3)4)12-10-19(20)15-21)32-26(23)36(35)24-13-8-18(2)25(31-24)33-39(5,6)38/h7-9,11,13,15,17,22H,1,10,12,14,16H2,2-6H3,(H,29,30,32). The maximum Gasteiger partial charge on any atom is 0.278 e. The summed E-state index contributed by atoms with van der Waals surface area (Å²) in [6.07, 6.45) is 9.48. The normalized spacial score (nSPS) is 15.4. The van der Waals surface area contributed by atoms with Crippen molar-refractivity contribution >= 4 is 38.2 Å². The molecule has 39 heavy (non-hydrogen) atoms. The zero-order chi connectivity index (χ0) is 27.9. The SMILES string of the molecule is C=CCn1c(=O)c2cnc(Nc3ccc4c(c3)CCC(N(C)C)C4)nc2n1-c1ccc(C)c(N=S(C)(C)=O)n1. The van der Waals surface area contributed by atoms with E-state index in [1.54, 1.807) is 29.3 Å². The number of pyridine rings is 1. The van der Waals surface area contributed by atoms with Gasteiger partial charge in [-0.1, -0.05) is 18.2 Å². The smallest absolute Gasteiger partial charge is 0.278 e.